The highest BCUT2D eigenvalue weighted by Gasteiger charge is 2.44. The van der Waals surface area contributed by atoms with E-state index in [9.17, 15) is 9.59 Å². The Morgan fingerprint density at radius 3 is 2.67 bits per heavy atom. The van der Waals surface area contributed by atoms with Crippen molar-refractivity contribution in [3.63, 3.8) is 0 Å². The quantitative estimate of drug-likeness (QED) is 0.863. The largest absolute Gasteiger partial charge is 0.354 e. The molecule has 2 aliphatic carbocycles. The second kappa shape index (κ2) is 6.43. The highest BCUT2D eigenvalue weighted by molar-refractivity contribution is 7.99. The monoisotopic (exact) mass is 344 g/mol. The topological polar surface area (TPSA) is 58.2 Å². The van der Waals surface area contributed by atoms with Crippen molar-refractivity contribution in [2.24, 2.45) is 5.92 Å². The van der Waals surface area contributed by atoms with Crippen molar-refractivity contribution in [1.29, 1.82) is 0 Å². The fourth-order valence-electron chi connectivity index (χ4n) is 3.82. The first-order valence-corrected chi connectivity index (χ1v) is 9.99. The highest BCUT2D eigenvalue weighted by Crippen LogP contribution is 2.40. The molecule has 3 aliphatic rings. The molecule has 4 nitrogen and oxygen atoms in total. The van der Waals surface area contributed by atoms with Gasteiger partial charge in [0, 0.05) is 17.2 Å². The zero-order valence-electron chi connectivity index (χ0n) is 13.8. The molecule has 0 saturated heterocycles. The lowest BCUT2D eigenvalue weighted by atomic mass is 9.93. The number of hydrogen-bond acceptors (Lipinski definition) is 3. The van der Waals surface area contributed by atoms with Crippen molar-refractivity contribution in [1.82, 2.24) is 10.6 Å². The standard InChI is InChI=1S/C19H24N2O2S/c22-17(15-12-24-16-6-2-1-5-14(15)16)21-19(9-3-4-10-19)18(23)20-11-13-7-8-13/h1-2,5-6,13,15H,3-4,7-12H2,(H,20,23)(H,21,22)/t15-/m0/s1. The van der Waals surface area contributed by atoms with Crippen LogP contribution in [0.3, 0.4) is 0 Å². The van der Waals surface area contributed by atoms with Crippen LogP contribution < -0.4 is 10.6 Å². The summed E-state index contributed by atoms with van der Waals surface area (Å²) in [6.45, 7) is 0.762. The van der Waals surface area contributed by atoms with Crippen LogP contribution in [0.15, 0.2) is 29.2 Å². The average Bonchev–Trinajstić information content (AvgIpc) is 3.12. The SMILES string of the molecule is O=C(NC1(C(=O)NCC2CC2)CCCC1)[C@H]1CSc2ccccc21. The summed E-state index contributed by atoms with van der Waals surface area (Å²) in [5.41, 5.74) is 0.417. The van der Waals surface area contributed by atoms with E-state index in [4.69, 9.17) is 0 Å². The molecule has 0 bridgehead atoms. The highest BCUT2D eigenvalue weighted by atomic mass is 32.2. The Morgan fingerprint density at radius 2 is 1.92 bits per heavy atom. The molecule has 1 aromatic rings. The third-order valence-electron chi connectivity index (χ3n) is 5.52. The van der Waals surface area contributed by atoms with Gasteiger partial charge in [-0.2, -0.15) is 0 Å². The number of thioether (sulfide) groups is 1. The Bertz CT molecular complexity index is 651. The first kappa shape index (κ1) is 16.0. The van der Waals surface area contributed by atoms with Crippen LogP contribution in [0.25, 0.3) is 0 Å². The summed E-state index contributed by atoms with van der Waals surface area (Å²) in [5.74, 6) is 1.32. The molecule has 0 radical (unpaired) electrons. The van der Waals surface area contributed by atoms with Crippen LogP contribution in [0.4, 0.5) is 0 Å². The predicted octanol–water partition coefficient (Wildman–Crippen LogP) is 2.83. The maximum Gasteiger partial charge on any atom is 0.245 e. The van der Waals surface area contributed by atoms with Gasteiger partial charge in [-0.3, -0.25) is 9.59 Å². The Hall–Kier alpha value is -1.49. The second-order valence-electron chi connectivity index (χ2n) is 7.33. The van der Waals surface area contributed by atoms with Gasteiger partial charge in [-0.25, -0.2) is 0 Å². The van der Waals surface area contributed by atoms with Crippen molar-refractivity contribution in [3.8, 4) is 0 Å². The molecule has 1 atom stereocenters. The lowest BCUT2D eigenvalue weighted by molar-refractivity contribution is -0.134. The van der Waals surface area contributed by atoms with Crippen LogP contribution in [0.2, 0.25) is 0 Å². The van der Waals surface area contributed by atoms with E-state index in [0.29, 0.717) is 5.92 Å². The third kappa shape index (κ3) is 3.06. The molecule has 24 heavy (non-hydrogen) atoms. The maximum absolute atomic E-state index is 12.9. The third-order valence-corrected chi connectivity index (χ3v) is 6.70. The fourth-order valence-corrected chi connectivity index (χ4v) is 5.05. The van der Waals surface area contributed by atoms with Gasteiger partial charge in [0.25, 0.3) is 0 Å². The summed E-state index contributed by atoms with van der Waals surface area (Å²) in [6.07, 6.45) is 5.97. The van der Waals surface area contributed by atoms with Gasteiger partial charge in [-0.1, -0.05) is 31.0 Å². The number of rotatable bonds is 5. The van der Waals surface area contributed by atoms with Crippen LogP contribution >= 0.6 is 11.8 Å². The van der Waals surface area contributed by atoms with Crippen LogP contribution in [0.5, 0.6) is 0 Å². The Balaban J connectivity index is 1.46. The second-order valence-corrected chi connectivity index (χ2v) is 8.40. The van der Waals surface area contributed by atoms with Gasteiger partial charge in [0.1, 0.15) is 5.54 Å². The molecule has 2 saturated carbocycles. The number of carbonyl (C=O) groups excluding carboxylic acids is 2. The van der Waals surface area contributed by atoms with E-state index in [1.165, 1.54) is 17.7 Å². The molecular weight excluding hydrogens is 320 g/mol. The first-order valence-electron chi connectivity index (χ1n) is 9.00. The molecule has 1 aromatic carbocycles. The van der Waals surface area contributed by atoms with Gasteiger partial charge in [-0.05, 0) is 43.2 Å². The van der Waals surface area contributed by atoms with E-state index in [-0.39, 0.29) is 17.7 Å². The Morgan fingerprint density at radius 1 is 1.17 bits per heavy atom. The normalized spacial score (nSPS) is 24.4. The molecule has 128 valence electrons. The molecule has 0 unspecified atom stereocenters. The Labute approximate surface area is 147 Å². The molecule has 2 amide bonds. The maximum atomic E-state index is 12.9. The minimum atomic E-state index is -0.686. The van der Waals surface area contributed by atoms with Crippen LogP contribution in [0.1, 0.15) is 50.0 Å². The number of fused-ring (bicyclic) bond motifs is 1. The van der Waals surface area contributed by atoms with E-state index in [1.54, 1.807) is 11.8 Å². The zero-order valence-corrected chi connectivity index (χ0v) is 14.7. The summed E-state index contributed by atoms with van der Waals surface area (Å²) < 4.78 is 0. The van der Waals surface area contributed by atoms with Crippen molar-refractivity contribution < 1.29 is 9.59 Å². The van der Waals surface area contributed by atoms with Gasteiger partial charge in [0.2, 0.25) is 11.8 Å². The summed E-state index contributed by atoms with van der Waals surface area (Å²) in [6, 6.07) is 8.10. The molecule has 4 rings (SSSR count). The van der Waals surface area contributed by atoms with Gasteiger partial charge in [0.15, 0.2) is 0 Å². The van der Waals surface area contributed by atoms with E-state index in [1.807, 2.05) is 18.2 Å². The van der Waals surface area contributed by atoms with E-state index < -0.39 is 5.54 Å². The molecule has 0 aromatic heterocycles. The summed E-state index contributed by atoms with van der Waals surface area (Å²) >= 11 is 1.73. The van der Waals surface area contributed by atoms with Crippen LogP contribution in [-0.4, -0.2) is 29.7 Å². The van der Waals surface area contributed by atoms with Gasteiger partial charge in [-0.15, -0.1) is 11.8 Å². The molecule has 0 spiro atoms. The average molecular weight is 344 g/mol. The van der Waals surface area contributed by atoms with Crippen molar-refractivity contribution in [3.05, 3.63) is 29.8 Å². The van der Waals surface area contributed by atoms with E-state index >= 15 is 0 Å². The molecule has 5 heteroatoms. The van der Waals surface area contributed by atoms with E-state index in [0.717, 1.165) is 43.5 Å². The number of nitrogens with one attached hydrogen (secondary N) is 2. The van der Waals surface area contributed by atoms with Crippen molar-refractivity contribution in [2.45, 2.75) is 54.9 Å². The van der Waals surface area contributed by atoms with Gasteiger partial charge < -0.3 is 10.6 Å². The summed E-state index contributed by atoms with van der Waals surface area (Å²) in [4.78, 5) is 26.9. The number of amides is 2. The summed E-state index contributed by atoms with van der Waals surface area (Å²) in [5, 5.41) is 6.24. The lowest BCUT2D eigenvalue weighted by Crippen LogP contribution is -2.58. The van der Waals surface area contributed by atoms with Crippen LogP contribution in [0, 0.1) is 5.92 Å². The summed E-state index contributed by atoms with van der Waals surface area (Å²) in [7, 11) is 0. The number of hydrogen-bond donors (Lipinski definition) is 2. The minimum Gasteiger partial charge on any atom is -0.354 e. The van der Waals surface area contributed by atoms with Crippen molar-refractivity contribution >= 4 is 23.6 Å². The van der Waals surface area contributed by atoms with E-state index in [2.05, 4.69) is 16.7 Å². The predicted molar refractivity (Wildman–Crippen MR) is 95.0 cm³/mol. The first-order chi connectivity index (χ1) is 11.7. The molecule has 2 N–H and O–H groups in total. The zero-order chi connectivity index (χ0) is 16.6. The minimum absolute atomic E-state index is 0.0101. The molecular formula is C19H24N2O2S. The molecule has 1 aliphatic heterocycles. The van der Waals surface area contributed by atoms with Gasteiger partial charge >= 0.3 is 0 Å². The molecule has 1 heterocycles. The lowest BCUT2D eigenvalue weighted by Gasteiger charge is -2.30. The Kier molecular flexibility index (Phi) is 4.29. The van der Waals surface area contributed by atoms with Gasteiger partial charge in [0.05, 0.1) is 5.92 Å². The van der Waals surface area contributed by atoms with Crippen molar-refractivity contribution in [2.75, 3.05) is 12.3 Å². The smallest absolute Gasteiger partial charge is 0.245 e. The number of carbonyl (C=O) groups is 2. The fraction of sp³-hybridized carbons (Fsp3) is 0.579. The van der Waals surface area contributed by atoms with Crippen LogP contribution in [-0.2, 0) is 9.59 Å². The molecule has 2 fully saturated rings. The number of benzene rings is 1.